The molecule has 11 heteroatoms. The Bertz CT molecular complexity index is 795. The third-order valence-electron chi connectivity index (χ3n) is 3.84. The number of hydrogen-bond acceptors (Lipinski definition) is 6. The first-order valence-corrected chi connectivity index (χ1v) is 10.8. The van der Waals surface area contributed by atoms with Crippen LogP contribution in [0.5, 0.6) is 5.75 Å². The van der Waals surface area contributed by atoms with Crippen LogP contribution in [0.3, 0.4) is 0 Å². The van der Waals surface area contributed by atoms with Gasteiger partial charge in [0.1, 0.15) is 10.6 Å². The Morgan fingerprint density at radius 3 is 2.44 bits per heavy atom. The molecule has 25 heavy (non-hydrogen) atoms. The molecule has 1 atom stereocenters. The van der Waals surface area contributed by atoms with Gasteiger partial charge >= 0.3 is 0 Å². The Kier molecular flexibility index (Phi) is 7.51. The van der Waals surface area contributed by atoms with Gasteiger partial charge in [-0.05, 0) is 37.8 Å². The highest BCUT2D eigenvalue weighted by Crippen LogP contribution is 2.32. The van der Waals surface area contributed by atoms with E-state index >= 15 is 0 Å². The first-order valence-electron chi connectivity index (χ1n) is 7.62. The monoisotopic (exact) mass is 413 g/mol. The zero-order valence-electron chi connectivity index (χ0n) is 14.1. The number of nitrogens with one attached hydrogen (secondary N) is 2. The number of hydrogen-bond donors (Lipinski definition) is 3. The van der Waals surface area contributed by atoms with Crippen molar-refractivity contribution in [3.8, 4) is 5.75 Å². The zero-order chi connectivity index (χ0) is 18.0. The molecule has 1 unspecified atom stereocenters. The summed E-state index contributed by atoms with van der Waals surface area (Å²) < 4.78 is 58.0. The van der Waals surface area contributed by atoms with Crippen molar-refractivity contribution < 1.29 is 21.6 Å². The number of sulfonamides is 2. The van der Waals surface area contributed by atoms with Gasteiger partial charge in [0.2, 0.25) is 20.0 Å². The fourth-order valence-electron chi connectivity index (χ4n) is 2.18. The summed E-state index contributed by atoms with van der Waals surface area (Å²) in [5.41, 5.74) is 6.15. The summed E-state index contributed by atoms with van der Waals surface area (Å²) in [7, 11) is -5.94. The van der Waals surface area contributed by atoms with Gasteiger partial charge in [0.15, 0.2) is 0 Å². The van der Waals surface area contributed by atoms with Gasteiger partial charge < -0.3 is 10.5 Å². The molecule has 0 saturated heterocycles. The van der Waals surface area contributed by atoms with Crippen LogP contribution in [0.2, 0.25) is 0 Å². The van der Waals surface area contributed by atoms with E-state index in [1.807, 2.05) is 0 Å². The lowest BCUT2D eigenvalue weighted by Crippen LogP contribution is -2.38. The maximum atomic E-state index is 12.4. The summed E-state index contributed by atoms with van der Waals surface area (Å²) in [4.78, 5) is -0.0626. The minimum Gasteiger partial charge on any atom is -0.495 e. The van der Waals surface area contributed by atoms with E-state index < -0.39 is 20.0 Å². The molecule has 0 radical (unpaired) electrons. The Balaban J connectivity index is 0.00000312. The summed E-state index contributed by atoms with van der Waals surface area (Å²) in [6.45, 7) is 1.66. The molecule has 1 saturated carbocycles. The van der Waals surface area contributed by atoms with E-state index in [4.69, 9.17) is 10.5 Å². The summed E-state index contributed by atoms with van der Waals surface area (Å²) in [6, 6.07) is 3.81. The fraction of sp³-hybridized carbons (Fsp3) is 0.571. The van der Waals surface area contributed by atoms with E-state index in [-0.39, 0.29) is 47.1 Å². The van der Waals surface area contributed by atoms with Gasteiger partial charge in [0, 0.05) is 18.7 Å². The molecule has 0 aromatic heterocycles. The van der Waals surface area contributed by atoms with Gasteiger partial charge in [-0.25, -0.2) is 21.6 Å². The van der Waals surface area contributed by atoms with Crippen LogP contribution in [0, 0.1) is 5.92 Å². The number of nitrogens with two attached hydrogens (primary N) is 1. The zero-order valence-corrected chi connectivity index (χ0v) is 16.5. The lowest BCUT2D eigenvalue weighted by atomic mass is 10.2. The highest BCUT2D eigenvalue weighted by atomic mass is 35.5. The fourth-order valence-corrected chi connectivity index (χ4v) is 4.03. The first kappa shape index (κ1) is 22.0. The summed E-state index contributed by atoms with van der Waals surface area (Å²) in [6.07, 6.45) is 2.05. The van der Waals surface area contributed by atoms with Crippen molar-refractivity contribution in [3.63, 3.8) is 0 Å². The molecule has 4 N–H and O–H groups in total. The van der Waals surface area contributed by atoms with Crippen molar-refractivity contribution in [2.24, 2.45) is 11.7 Å². The molecule has 2 rings (SSSR count). The van der Waals surface area contributed by atoms with Gasteiger partial charge in [-0.3, -0.25) is 4.72 Å². The molecule has 0 spiro atoms. The van der Waals surface area contributed by atoms with Crippen LogP contribution in [0.1, 0.15) is 19.8 Å². The number of ether oxygens (including phenoxy) is 1. The number of anilines is 1. The lowest BCUT2D eigenvalue weighted by Gasteiger charge is -2.15. The largest absolute Gasteiger partial charge is 0.495 e. The second-order valence-corrected chi connectivity index (χ2v) is 9.47. The predicted molar refractivity (Wildman–Crippen MR) is 99.2 cm³/mol. The molecule has 0 bridgehead atoms. The van der Waals surface area contributed by atoms with Crippen LogP contribution in [-0.2, 0) is 20.0 Å². The summed E-state index contributed by atoms with van der Waals surface area (Å²) in [5, 5.41) is 0. The van der Waals surface area contributed by atoms with Gasteiger partial charge in [-0.1, -0.05) is 0 Å². The van der Waals surface area contributed by atoms with Gasteiger partial charge in [0.05, 0.1) is 18.6 Å². The molecular weight excluding hydrogens is 390 g/mol. The number of rotatable bonds is 9. The van der Waals surface area contributed by atoms with Gasteiger partial charge in [-0.15, -0.1) is 12.4 Å². The average molecular weight is 414 g/mol. The van der Waals surface area contributed by atoms with Crippen molar-refractivity contribution in [2.45, 2.75) is 30.7 Å². The van der Waals surface area contributed by atoms with E-state index in [9.17, 15) is 16.8 Å². The van der Waals surface area contributed by atoms with Crippen LogP contribution in [0.4, 0.5) is 5.69 Å². The normalized spacial score (nSPS) is 16.0. The molecule has 1 aromatic rings. The van der Waals surface area contributed by atoms with Crippen LogP contribution in [0.25, 0.3) is 0 Å². The van der Waals surface area contributed by atoms with Crippen molar-refractivity contribution in [1.29, 1.82) is 0 Å². The Morgan fingerprint density at radius 1 is 1.28 bits per heavy atom. The van der Waals surface area contributed by atoms with Crippen molar-refractivity contribution in [2.75, 3.05) is 24.1 Å². The van der Waals surface area contributed by atoms with Crippen LogP contribution in [-0.4, -0.2) is 42.3 Å². The predicted octanol–water partition coefficient (Wildman–Crippen LogP) is 0.894. The molecule has 8 nitrogen and oxygen atoms in total. The van der Waals surface area contributed by atoms with Crippen LogP contribution in [0.15, 0.2) is 23.1 Å². The van der Waals surface area contributed by atoms with E-state index in [2.05, 4.69) is 9.44 Å². The van der Waals surface area contributed by atoms with Crippen LogP contribution >= 0.6 is 12.4 Å². The second kappa shape index (κ2) is 8.54. The third-order valence-corrected chi connectivity index (χ3v) is 6.61. The second-order valence-electron chi connectivity index (χ2n) is 5.72. The van der Waals surface area contributed by atoms with E-state index in [0.717, 1.165) is 12.8 Å². The Hall–Kier alpha value is -1.07. The quantitative estimate of drug-likeness (QED) is 0.551. The smallest absolute Gasteiger partial charge is 0.244 e. The van der Waals surface area contributed by atoms with E-state index in [0.29, 0.717) is 5.92 Å². The van der Waals surface area contributed by atoms with Gasteiger partial charge in [-0.2, -0.15) is 0 Å². The Labute approximate surface area is 155 Å². The molecule has 1 fully saturated rings. The highest BCUT2D eigenvalue weighted by molar-refractivity contribution is 7.92. The number of benzene rings is 1. The molecule has 1 aliphatic rings. The van der Waals surface area contributed by atoms with Gasteiger partial charge in [0.25, 0.3) is 0 Å². The average Bonchev–Trinajstić information content (AvgIpc) is 3.37. The van der Waals surface area contributed by atoms with Crippen molar-refractivity contribution in [3.05, 3.63) is 18.2 Å². The molecule has 1 aliphatic carbocycles. The maximum absolute atomic E-state index is 12.4. The molecule has 0 amide bonds. The minimum absolute atomic E-state index is 0. The number of halogens is 1. The Morgan fingerprint density at radius 2 is 1.92 bits per heavy atom. The van der Waals surface area contributed by atoms with E-state index in [1.54, 1.807) is 0 Å². The molecule has 1 aromatic carbocycles. The van der Waals surface area contributed by atoms with Crippen LogP contribution < -0.4 is 19.9 Å². The highest BCUT2D eigenvalue weighted by Gasteiger charge is 2.30. The summed E-state index contributed by atoms with van der Waals surface area (Å²) >= 11 is 0. The van der Waals surface area contributed by atoms with Crippen molar-refractivity contribution >= 4 is 38.1 Å². The minimum atomic E-state index is -3.80. The topological polar surface area (TPSA) is 128 Å². The lowest BCUT2D eigenvalue weighted by molar-refractivity contribution is 0.402. The molecule has 0 aliphatic heterocycles. The first-order chi connectivity index (χ1) is 11.2. The molecule has 144 valence electrons. The molecular formula is C14H24ClN3O5S2. The maximum Gasteiger partial charge on any atom is 0.244 e. The van der Waals surface area contributed by atoms with E-state index in [1.165, 1.54) is 32.2 Å². The summed E-state index contributed by atoms with van der Waals surface area (Å²) in [5.74, 6) is 0.343. The number of methoxy groups -OCH3 is 1. The van der Waals surface area contributed by atoms with Crippen molar-refractivity contribution in [1.82, 2.24) is 4.72 Å². The molecule has 0 heterocycles. The SMILES string of the molecule is CCS(=O)(=O)Nc1ccc(S(=O)(=O)NCC(N)C2CC2)c(OC)c1.Cl. The third kappa shape index (κ3) is 6.00. The standard InChI is InChI=1S/C14H23N3O5S2.ClH/c1-3-23(18,19)17-11-6-7-14(13(8-11)22-2)24(20,21)16-9-12(15)10-4-5-10;/h6-8,10,12,16-17H,3-5,9,15H2,1-2H3;1H.